The molecule has 0 fully saturated rings. The van der Waals surface area contributed by atoms with Gasteiger partial charge in [-0.1, -0.05) is 96.3 Å². The van der Waals surface area contributed by atoms with Gasteiger partial charge in [0.15, 0.2) is 0 Å². The Hall–Kier alpha value is -2.53. The number of hydrogen-bond donors (Lipinski definition) is 1. The minimum absolute atomic E-state index is 0.0497. The molecule has 178 valence electrons. The maximum absolute atomic E-state index is 13.7. The van der Waals surface area contributed by atoms with Crippen molar-refractivity contribution in [3.63, 3.8) is 0 Å². The van der Waals surface area contributed by atoms with E-state index in [0.29, 0.717) is 39.2 Å². The number of amides is 2. The monoisotopic (exact) mass is 516 g/mol. The molecule has 0 spiro atoms. The third-order valence-electron chi connectivity index (χ3n) is 5.51. The van der Waals surface area contributed by atoms with Gasteiger partial charge in [0, 0.05) is 40.1 Å². The molecule has 0 aliphatic rings. The van der Waals surface area contributed by atoms with Crippen molar-refractivity contribution >= 4 is 46.6 Å². The summed E-state index contributed by atoms with van der Waals surface area (Å²) in [5.41, 5.74) is 2.23. The number of rotatable bonds is 10. The average Bonchev–Trinajstić information content (AvgIpc) is 2.83. The summed E-state index contributed by atoms with van der Waals surface area (Å²) in [6.07, 6.45) is 1.19. The highest BCUT2D eigenvalue weighted by Crippen LogP contribution is 2.28. The molecule has 0 heterocycles. The Morgan fingerprint density at radius 2 is 1.47 bits per heavy atom. The largest absolute Gasteiger partial charge is 0.354 e. The number of carbonyl (C=O) groups excluding carboxylic acids is 2. The molecule has 4 nitrogen and oxygen atoms in total. The van der Waals surface area contributed by atoms with Gasteiger partial charge in [-0.25, -0.2) is 0 Å². The smallest absolute Gasteiger partial charge is 0.243 e. The van der Waals surface area contributed by atoms with Gasteiger partial charge in [-0.3, -0.25) is 9.59 Å². The number of benzene rings is 3. The van der Waals surface area contributed by atoms with Crippen molar-refractivity contribution in [2.45, 2.75) is 38.8 Å². The zero-order valence-corrected chi connectivity index (χ0v) is 21.2. The normalized spacial score (nSPS) is 11.6. The van der Waals surface area contributed by atoms with Crippen LogP contribution in [0.25, 0.3) is 0 Å². The van der Waals surface area contributed by atoms with Crippen molar-refractivity contribution < 1.29 is 9.59 Å². The third kappa shape index (κ3) is 6.99. The van der Waals surface area contributed by atoms with Crippen LogP contribution in [0, 0.1) is 0 Å². The first-order chi connectivity index (χ1) is 16.4. The van der Waals surface area contributed by atoms with Gasteiger partial charge in [-0.2, -0.15) is 0 Å². The van der Waals surface area contributed by atoms with E-state index >= 15 is 0 Å². The van der Waals surface area contributed by atoms with Crippen molar-refractivity contribution in [2.75, 3.05) is 6.54 Å². The Kier molecular flexibility index (Phi) is 9.82. The fraction of sp³-hybridized carbons (Fsp3) is 0.259. The van der Waals surface area contributed by atoms with E-state index in [4.69, 9.17) is 34.8 Å². The van der Waals surface area contributed by atoms with Crippen LogP contribution in [0.4, 0.5) is 0 Å². The van der Waals surface area contributed by atoms with Crippen molar-refractivity contribution in [2.24, 2.45) is 0 Å². The van der Waals surface area contributed by atoms with E-state index in [1.807, 2.05) is 55.5 Å². The molecular weight excluding hydrogens is 491 g/mol. The molecule has 7 heteroatoms. The summed E-state index contributed by atoms with van der Waals surface area (Å²) in [7, 11) is 0. The van der Waals surface area contributed by atoms with E-state index < -0.39 is 6.04 Å². The summed E-state index contributed by atoms with van der Waals surface area (Å²) in [6, 6.07) is 21.3. The van der Waals surface area contributed by atoms with Gasteiger partial charge in [-0.05, 0) is 35.7 Å². The zero-order valence-electron chi connectivity index (χ0n) is 18.9. The number of nitrogens with zero attached hydrogens (tertiary/aromatic N) is 1. The lowest BCUT2D eigenvalue weighted by atomic mass is 10.0. The van der Waals surface area contributed by atoms with Crippen molar-refractivity contribution in [3.05, 3.63) is 105 Å². The Labute approximate surface area is 215 Å². The number of halogens is 3. The quantitative estimate of drug-likeness (QED) is 0.340. The first kappa shape index (κ1) is 26.1. The minimum atomic E-state index is -0.753. The standard InChI is InChI=1S/C27H27Cl3N2O2/c1-2-15-31-27(34)25(16-19-9-4-3-5-10-19)32(18-21-23(29)13-8-14-24(21)30)26(33)17-20-11-6-7-12-22(20)28/h3-14,25H,2,15-18H2,1H3,(H,31,34). The second kappa shape index (κ2) is 12.8. The highest BCUT2D eigenvalue weighted by molar-refractivity contribution is 6.36. The van der Waals surface area contributed by atoms with Gasteiger partial charge in [0.05, 0.1) is 6.42 Å². The summed E-state index contributed by atoms with van der Waals surface area (Å²) in [4.78, 5) is 28.6. The van der Waals surface area contributed by atoms with Gasteiger partial charge < -0.3 is 10.2 Å². The fourth-order valence-corrected chi connectivity index (χ4v) is 4.40. The lowest BCUT2D eigenvalue weighted by molar-refractivity contribution is -0.140. The van der Waals surface area contributed by atoms with Crippen LogP contribution in [0.2, 0.25) is 15.1 Å². The first-order valence-electron chi connectivity index (χ1n) is 11.2. The second-order valence-corrected chi connectivity index (χ2v) is 9.21. The molecule has 0 saturated heterocycles. The van der Waals surface area contributed by atoms with E-state index in [1.165, 1.54) is 0 Å². The van der Waals surface area contributed by atoms with Crippen LogP contribution < -0.4 is 5.32 Å². The molecule has 1 N–H and O–H groups in total. The van der Waals surface area contributed by atoms with Crippen LogP contribution >= 0.6 is 34.8 Å². The van der Waals surface area contributed by atoms with E-state index in [9.17, 15) is 9.59 Å². The Morgan fingerprint density at radius 3 is 2.12 bits per heavy atom. The second-order valence-electron chi connectivity index (χ2n) is 7.99. The van der Waals surface area contributed by atoms with Crippen LogP contribution in [0.5, 0.6) is 0 Å². The molecule has 0 aliphatic carbocycles. The van der Waals surface area contributed by atoms with Crippen LogP contribution in [-0.4, -0.2) is 29.3 Å². The molecule has 3 aromatic rings. The SMILES string of the molecule is CCCNC(=O)C(Cc1ccccc1)N(Cc1c(Cl)cccc1Cl)C(=O)Cc1ccccc1Cl. The van der Waals surface area contributed by atoms with Gasteiger partial charge >= 0.3 is 0 Å². The molecule has 0 aliphatic heterocycles. The Balaban J connectivity index is 2.01. The molecule has 0 bridgehead atoms. The van der Waals surface area contributed by atoms with E-state index in [0.717, 1.165) is 12.0 Å². The highest BCUT2D eigenvalue weighted by atomic mass is 35.5. The van der Waals surface area contributed by atoms with Crippen LogP contribution in [-0.2, 0) is 29.0 Å². The summed E-state index contributed by atoms with van der Waals surface area (Å²) in [6.45, 7) is 2.60. The average molecular weight is 518 g/mol. The van der Waals surface area contributed by atoms with Gasteiger partial charge in [0.25, 0.3) is 0 Å². The highest BCUT2D eigenvalue weighted by Gasteiger charge is 2.31. The van der Waals surface area contributed by atoms with E-state index in [1.54, 1.807) is 29.2 Å². The Morgan fingerprint density at radius 1 is 0.853 bits per heavy atom. The number of nitrogens with one attached hydrogen (secondary N) is 1. The van der Waals surface area contributed by atoms with Gasteiger partial charge in [0.2, 0.25) is 11.8 Å². The molecule has 34 heavy (non-hydrogen) atoms. The van der Waals surface area contributed by atoms with Crippen LogP contribution in [0.15, 0.2) is 72.8 Å². The molecule has 0 aromatic heterocycles. The van der Waals surface area contributed by atoms with Crippen molar-refractivity contribution in [3.8, 4) is 0 Å². The van der Waals surface area contributed by atoms with E-state index in [-0.39, 0.29) is 24.8 Å². The van der Waals surface area contributed by atoms with Crippen LogP contribution in [0.3, 0.4) is 0 Å². The molecule has 3 rings (SSSR count). The van der Waals surface area contributed by atoms with Gasteiger partial charge in [-0.15, -0.1) is 0 Å². The molecule has 3 aromatic carbocycles. The van der Waals surface area contributed by atoms with E-state index in [2.05, 4.69) is 5.32 Å². The topological polar surface area (TPSA) is 49.4 Å². The summed E-state index contributed by atoms with van der Waals surface area (Å²) >= 11 is 19.2. The lowest BCUT2D eigenvalue weighted by Crippen LogP contribution is -2.51. The molecule has 2 amide bonds. The minimum Gasteiger partial charge on any atom is -0.354 e. The molecule has 1 atom stereocenters. The lowest BCUT2D eigenvalue weighted by Gasteiger charge is -2.32. The predicted molar refractivity (Wildman–Crippen MR) is 139 cm³/mol. The molecular formula is C27H27Cl3N2O2. The molecule has 0 radical (unpaired) electrons. The summed E-state index contributed by atoms with van der Waals surface area (Å²) in [5, 5.41) is 4.34. The molecule has 1 unspecified atom stereocenters. The van der Waals surface area contributed by atoms with Crippen LogP contribution in [0.1, 0.15) is 30.0 Å². The number of hydrogen-bond acceptors (Lipinski definition) is 2. The van der Waals surface area contributed by atoms with Gasteiger partial charge in [0.1, 0.15) is 6.04 Å². The van der Waals surface area contributed by atoms with Crippen molar-refractivity contribution in [1.29, 1.82) is 0 Å². The fourth-order valence-electron chi connectivity index (χ4n) is 3.68. The summed E-state index contributed by atoms with van der Waals surface area (Å²) < 4.78 is 0. The Bertz CT molecular complexity index is 1100. The van der Waals surface area contributed by atoms with Crippen molar-refractivity contribution in [1.82, 2.24) is 10.2 Å². The zero-order chi connectivity index (χ0) is 24.5. The number of carbonyl (C=O) groups is 2. The molecule has 0 saturated carbocycles. The maximum atomic E-state index is 13.7. The third-order valence-corrected chi connectivity index (χ3v) is 6.59. The predicted octanol–water partition coefficient (Wildman–Crippen LogP) is 6.36. The first-order valence-corrected chi connectivity index (χ1v) is 12.3. The maximum Gasteiger partial charge on any atom is 0.243 e. The summed E-state index contributed by atoms with van der Waals surface area (Å²) in [5.74, 6) is -0.460.